The second-order valence-corrected chi connectivity index (χ2v) is 5.25. The van der Waals surface area contributed by atoms with Gasteiger partial charge in [0.05, 0.1) is 23.1 Å². The summed E-state index contributed by atoms with van der Waals surface area (Å²) >= 11 is 0. The number of nitrogens with zero attached hydrogens (tertiary/aromatic N) is 1. The molecule has 0 aromatic heterocycles. The highest BCUT2D eigenvalue weighted by atomic mass is 32.2. The minimum absolute atomic E-state index is 0.0217. The van der Waals surface area contributed by atoms with Crippen LogP contribution >= 0.6 is 0 Å². The highest BCUT2D eigenvalue weighted by Gasteiger charge is 2.18. The van der Waals surface area contributed by atoms with Crippen LogP contribution in [0.2, 0.25) is 0 Å². The standard InChI is InChI=1S/C12H15NO5S/c14-11(15)7-6-9(12(16)17)8-13-19(18)10-4-2-1-3-5-10/h1-5,9,19H,6-8H2,(H,14,15)(H,16,17). The zero-order chi connectivity index (χ0) is 14.3. The van der Waals surface area contributed by atoms with Gasteiger partial charge in [-0.15, -0.1) is 0 Å². The Labute approximate surface area is 112 Å². The van der Waals surface area contributed by atoms with Crippen LogP contribution in [0.25, 0.3) is 0 Å². The van der Waals surface area contributed by atoms with Gasteiger partial charge in [-0.1, -0.05) is 18.2 Å². The molecular formula is C12H15NO5S. The van der Waals surface area contributed by atoms with Crippen molar-refractivity contribution in [3.8, 4) is 0 Å². The van der Waals surface area contributed by atoms with Crippen molar-refractivity contribution < 1.29 is 24.0 Å². The number of thiol groups is 1. The van der Waals surface area contributed by atoms with E-state index in [1.807, 2.05) is 0 Å². The summed E-state index contributed by atoms with van der Waals surface area (Å²) in [6.07, 6.45) is -0.263. The first kappa shape index (κ1) is 15.2. The lowest BCUT2D eigenvalue weighted by Crippen LogP contribution is -2.18. The third kappa shape index (κ3) is 5.52. The van der Waals surface area contributed by atoms with Gasteiger partial charge in [0.1, 0.15) is 0 Å². The second kappa shape index (κ2) is 7.52. The molecule has 0 heterocycles. The maximum Gasteiger partial charge on any atom is 0.308 e. The molecule has 2 unspecified atom stereocenters. The molecule has 0 aliphatic rings. The molecule has 0 bridgehead atoms. The molecule has 0 aliphatic heterocycles. The van der Waals surface area contributed by atoms with Crippen molar-refractivity contribution >= 4 is 22.5 Å². The number of rotatable bonds is 7. The van der Waals surface area contributed by atoms with Crippen LogP contribution in [-0.2, 0) is 20.2 Å². The predicted octanol–water partition coefficient (Wildman–Crippen LogP) is 1.28. The summed E-state index contributed by atoms with van der Waals surface area (Å²) in [6, 6.07) is 8.51. The molecular weight excluding hydrogens is 270 g/mol. The quantitative estimate of drug-likeness (QED) is 0.655. The molecule has 0 fully saturated rings. The molecule has 7 heteroatoms. The molecule has 19 heavy (non-hydrogen) atoms. The van der Waals surface area contributed by atoms with E-state index in [0.717, 1.165) is 0 Å². The van der Waals surface area contributed by atoms with E-state index in [2.05, 4.69) is 4.36 Å². The van der Waals surface area contributed by atoms with Crippen molar-refractivity contribution in [2.75, 3.05) is 6.54 Å². The van der Waals surface area contributed by atoms with Crippen molar-refractivity contribution in [2.24, 2.45) is 10.3 Å². The van der Waals surface area contributed by atoms with Gasteiger partial charge in [-0.05, 0) is 18.6 Å². The molecule has 0 aliphatic carbocycles. The van der Waals surface area contributed by atoms with E-state index in [1.54, 1.807) is 30.3 Å². The van der Waals surface area contributed by atoms with Gasteiger partial charge >= 0.3 is 11.9 Å². The minimum atomic E-state index is -1.99. The van der Waals surface area contributed by atoms with Gasteiger partial charge in [0, 0.05) is 11.3 Å². The summed E-state index contributed by atoms with van der Waals surface area (Å²) in [5.74, 6) is -3.10. The highest BCUT2D eigenvalue weighted by Crippen LogP contribution is 2.09. The summed E-state index contributed by atoms with van der Waals surface area (Å²) in [7, 11) is -1.99. The molecule has 6 nitrogen and oxygen atoms in total. The first-order chi connectivity index (χ1) is 9.00. The molecule has 0 saturated carbocycles. The van der Waals surface area contributed by atoms with E-state index < -0.39 is 28.5 Å². The van der Waals surface area contributed by atoms with Gasteiger partial charge in [0.15, 0.2) is 0 Å². The summed E-state index contributed by atoms with van der Waals surface area (Å²) in [4.78, 5) is 21.8. The normalized spacial score (nSPS) is 13.9. The largest absolute Gasteiger partial charge is 0.481 e. The van der Waals surface area contributed by atoms with Crippen LogP contribution in [0.5, 0.6) is 0 Å². The van der Waals surface area contributed by atoms with Crippen LogP contribution in [0.3, 0.4) is 0 Å². The SMILES string of the molecule is O=C(O)CCC(C/N=[SH](=O)/c1ccccc1)C(=O)O. The zero-order valence-electron chi connectivity index (χ0n) is 10.1. The number of hydrogen-bond donors (Lipinski definition) is 3. The number of carbonyl (C=O) groups is 2. The second-order valence-electron chi connectivity index (χ2n) is 3.90. The average Bonchev–Trinajstić information content (AvgIpc) is 2.38. The Morgan fingerprint density at radius 1 is 1.21 bits per heavy atom. The monoisotopic (exact) mass is 285 g/mol. The minimum Gasteiger partial charge on any atom is -0.481 e. The summed E-state index contributed by atoms with van der Waals surface area (Å²) < 4.78 is 15.6. The molecule has 1 aromatic rings. The number of aliphatic carboxylic acids is 2. The third-order valence-electron chi connectivity index (χ3n) is 2.46. The molecule has 0 amide bonds. The summed E-state index contributed by atoms with van der Waals surface area (Å²) in [6.45, 7) is -0.146. The first-order valence-electron chi connectivity index (χ1n) is 5.65. The van der Waals surface area contributed by atoms with Crippen molar-refractivity contribution in [2.45, 2.75) is 17.7 Å². The summed E-state index contributed by atoms with van der Waals surface area (Å²) in [5.41, 5.74) is 0. The van der Waals surface area contributed by atoms with Crippen molar-refractivity contribution in [3.63, 3.8) is 0 Å². The third-order valence-corrected chi connectivity index (χ3v) is 3.62. The molecule has 1 rings (SSSR count). The molecule has 104 valence electrons. The summed E-state index contributed by atoms with van der Waals surface area (Å²) in [5, 5.41) is 17.4. The fourth-order valence-electron chi connectivity index (χ4n) is 1.40. The number of carboxylic acids is 2. The van der Waals surface area contributed by atoms with Gasteiger partial charge in [0.2, 0.25) is 0 Å². The van der Waals surface area contributed by atoms with E-state index in [0.29, 0.717) is 4.90 Å². The van der Waals surface area contributed by atoms with Crippen molar-refractivity contribution in [3.05, 3.63) is 30.3 Å². The Morgan fingerprint density at radius 2 is 1.84 bits per heavy atom. The van der Waals surface area contributed by atoms with Gasteiger partial charge in [0.25, 0.3) is 0 Å². The molecule has 0 radical (unpaired) electrons. The molecule has 0 saturated heterocycles. The average molecular weight is 285 g/mol. The lowest BCUT2D eigenvalue weighted by molar-refractivity contribution is -0.142. The Hall–Kier alpha value is -1.89. The van der Waals surface area contributed by atoms with Gasteiger partial charge in [-0.2, -0.15) is 0 Å². The fourth-order valence-corrected chi connectivity index (χ4v) is 2.34. The van der Waals surface area contributed by atoms with Gasteiger partial charge < -0.3 is 10.2 Å². The number of benzene rings is 1. The van der Waals surface area contributed by atoms with Gasteiger partial charge in [-0.3, -0.25) is 9.59 Å². The zero-order valence-corrected chi connectivity index (χ0v) is 11.0. The van der Waals surface area contributed by atoms with Crippen LogP contribution in [0.15, 0.2) is 39.6 Å². The van der Waals surface area contributed by atoms with E-state index >= 15 is 0 Å². The van der Waals surface area contributed by atoms with Crippen LogP contribution in [0.4, 0.5) is 0 Å². The number of carboxylic acid groups (broad SMARTS) is 2. The number of hydrogen-bond acceptors (Lipinski definition) is 4. The van der Waals surface area contributed by atoms with Crippen LogP contribution in [0, 0.1) is 5.92 Å². The van der Waals surface area contributed by atoms with Crippen LogP contribution < -0.4 is 0 Å². The topological polar surface area (TPSA) is 104 Å². The van der Waals surface area contributed by atoms with Crippen LogP contribution in [-0.4, -0.2) is 32.9 Å². The maximum absolute atomic E-state index is 11.8. The van der Waals surface area contributed by atoms with Crippen molar-refractivity contribution in [1.29, 1.82) is 0 Å². The molecule has 0 spiro atoms. The lowest BCUT2D eigenvalue weighted by atomic mass is 10.0. The Kier molecular flexibility index (Phi) is 6.01. The van der Waals surface area contributed by atoms with Crippen molar-refractivity contribution in [1.82, 2.24) is 0 Å². The van der Waals surface area contributed by atoms with E-state index in [4.69, 9.17) is 10.2 Å². The fraction of sp³-hybridized carbons (Fsp3) is 0.333. The van der Waals surface area contributed by atoms with Gasteiger partial charge in [-0.25, -0.2) is 8.57 Å². The first-order valence-corrected chi connectivity index (χ1v) is 6.86. The highest BCUT2D eigenvalue weighted by molar-refractivity contribution is 7.75. The molecule has 2 atom stereocenters. The smallest absolute Gasteiger partial charge is 0.308 e. The van der Waals surface area contributed by atoms with Crippen LogP contribution in [0.1, 0.15) is 12.8 Å². The van der Waals surface area contributed by atoms with E-state index in [9.17, 15) is 13.8 Å². The lowest BCUT2D eigenvalue weighted by Gasteiger charge is -2.07. The Bertz CT molecular complexity index is 522. The van der Waals surface area contributed by atoms with E-state index in [-0.39, 0.29) is 19.4 Å². The maximum atomic E-state index is 11.8. The van der Waals surface area contributed by atoms with E-state index in [1.165, 1.54) is 0 Å². The Morgan fingerprint density at radius 3 is 2.37 bits per heavy atom. The molecule has 2 N–H and O–H groups in total. The molecule has 1 aromatic carbocycles. The predicted molar refractivity (Wildman–Crippen MR) is 69.5 cm³/mol. The Balaban J connectivity index is 2.68.